The van der Waals surface area contributed by atoms with Crippen molar-refractivity contribution in [3.8, 4) is 0 Å². The topological polar surface area (TPSA) is 119 Å². The van der Waals surface area contributed by atoms with Crippen LogP contribution < -0.4 is 10.6 Å². The number of likely N-dealkylation sites (tertiary alicyclic amines) is 1. The fourth-order valence-corrected chi connectivity index (χ4v) is 6.28. The molecular formula is C36H43N3O5. The third-order valence-corrected chi connectivity index (χ3v) is 9.27. The van der Waals surface area contributed by atoms with E-state index >= 15 is 0 Å². The van der Waals surface area contributed by atoms with Gasteiger partial charge in [-0.05, 0) is 104 Å². The van der Waals surface area contributed by atoms with Gasteiger partial charge in [0.15, 0.2) is 0 Å². The zero-order valence-electron chi connectivity index (χ0n) is 25.9. The summed E-state index contributed by atoms with van der Waals surface area (Å²) in [5.41, 5.74) is 5.90. The van der Waals surface area contributed by atoms with Crippen LogP contribution in [0, 0.1) is 6.92 Å². The minimum absolute atomic E-state index is 0.0761. The first-order valence-corrected chi connectivity index (χ1v) is 15.7. The molecule has 1 amide bonds. The number of carbonyl (C=O) groups excluding carboxylic acids is 1. The molecule has 1 saturated carbocycles. The minimum atomic E-state index is -1.26. The maximum atomic E-state index is 13.6. The van der Waals surface area contributed by atoms with Gasteiger partial charge < -0.3 is 25.7 Å². The smallest absolute Gasteiger partial charge is 0.336 e. The molecule has 3 aromatic carbocycles. The van der Waals surface area contributed by atoms with Crippen molar-refractivity contribution >= 4 is 29.2 Å². The number of nitrogens with zero attached hydrogens (tertiary/aromatic N) is 1. The van der Waals surface area contributed by atoms with E-state index in [1.807, 2.05) is 4.90 Å². The molecule has 2 fully saturated rings. The molecule has 232 valence electrons. The van der Waals surface area contributed by atoms with Crippen molar-refractivity contribution in [3.05, 3.63) is 94.0 Å². The second kappa shape index (κ2) is 13.1. The molecule has 0 aromatic heterocycles. The summed E-state index contributed by atoms with van der Waals surface area (Å²) >= 11 is 0. The molecule has 4 N–H and O–H groups in total. The number of carbonyl (C=O) groups is 3. The Bertz CT molecular complexity index is 1550. The second-order valence-electron chi connectivity index (χ2n) is 12.5. The quantitative estimate of drug-likeness (QED) is 0.155. The molecule has 2 atom stereocenters. The first-order valence-electron chi connectivity index (χ1n) is 15.7. The van der Waals surface area contributed by atoms with Crippen LogP contribution in [0.25, 0.3) is 0 Å². The largest absolute Gasteiger partial charge is 0.478 e. The Morgan fingerprint density at radius 1 is 0.932 bits per heavy atom. The summed E-state index contributed by atoms with van der Waals surface area (Å²) in [4.78, 5) is 38.5. The van der Waals surface area contributed by atoms with E-state index in [2.05, 4.69) is 73.9 Å². The van der Waals surface area contributed by atoms with Crippen molar-refractivity contribution in [3.63, 3.8) is 0 Å². The lowest BCUT2D eigenvalue weighted by molar-refractivity contribution is -0.131. The predicted molar refractivity (Wildman–Crippen MR) is 173 cm³/mol. The van der Waals surface area contributed by atoms with Crippen molar-refractivity contribution < 1.29 is 24.6 Å². The number of hydrogen-bond donors (Lipinski definition) is 4. The van der Waals surface area contributed by atoms with E-state index in [9.17, 15) is 24.6 Å². The van der Waals surface area contributed by atoms with E-state index < -0.39 is 11.9 Å². The van der Waals surface area contributed by atoms with Crippen molar-refractivity contribution in [2.45, 2.75) is 89.8 Å². The van der Waals surface area contributed by atoms with Crippen LogP contribution in [0.4, 0.5) is 11.4 Å². The minimum Gasteiger partial charge on any atom is -0.478 e. The van der Waals surface area contributed by atoms with Gasteiger partial charge in [0, 0.05) is 24.0 Å². The van der Waals surface area contributed by atoms with Gasteiger partial charge in [-0.2, -0.15) is 0 Å². The average Bonchev–Trinajstić information content (AvgIpc) is 3.58. The Morgan fingerprint density at radius 2 is 1.64 bits per heavy atom. The molecule has 0 bridgehead atoms. The van der Waals surface area contributed by atoms with E-state index in [-0.39, 0.29) is 28.7 Å². The number of carboxylic acid groups (broad SMARTS) is 2. The summed E-state index contributed by atoms with van der Waals surface area (Å²) < 4.78 is 0. The summed E-state index contributed by atoms with van der Waals surface area (Å²) in [6, 6.07) is 19.3. The number of nitrogens with one attached hydrogen (secondary N) is 2. The number of aryl methyl sites for hydroxylation is 2. The molecule has 1 saturated heterocycles. The highest BCUT2D eigenvalue weighted by Crippen LogP contribution is 2.42. The van der Waals surface area contributed by atoms with Crippen LogP contribution in [0.2, 0.25) is 0 Å². The lowest BCUT2D eigenvalue weighted by Gasteiger charge is -2.27. The Kier molecular flexibility index (Phi) is 9.28. The van der Waals surface area contributed by atoms with E-state index in [4.69, 9.17) is 0 Å². The fourth-order valence-electron chi connectivity index (χ4n) is 6.28. The summed E-state index contributed by atoms with van der Waals surface area (Å²) in [5, 5.41) is 26.3. The fraction of sp³-hybridized carbons (Fsp3) is 0.417. The number of hydrogen-bond acceptors (Lipinski definition) is 5. The summed E-state index contributed by atoms with van der Waals surface area (Å²) in [7, 11) is 0. The predicted octanol–water partition coefficient (Wildman–Crippen LogP) is 7.09. The lowest BCUT2D eigenvalue weighted by atomic mass is 9.93. The Morgan fingerprint density at radius 3 is 2.32 bits per heavy atom. The van der Waals surface area contributed by atoms with Gasteiger partial charge in [-0.1, -0.05) is 50.2 Å². The van der Waals surface area contributed by atoms with E-state index in [0.717, 1.165) is 54.6 Å². The maximum Gasteiger partial charge on any atom is 0.336 e. The van der Waals surface area contributed by atoms with Gasteiger partial charge in [-0.25, -0.2) is 9.59 Å². The molecule has 0 radical (unpaired) electrons. The molecule has 5 rings (SSSR count). The SMILES string of the molecule is CCC(C)c1cc(CC(=O)N2CCCC2CCc2ccc(C(=O)O)c(C(=O)O)c2)ccc1NC1(Nc2ccccc2C)CC1. The molecule has 8 heteroatoms. The van der Waals surface area contributed by atoms with Crippen molar-refractivity contribution in [2.75, 3.05) is 17.2 Å². The molecule has 1 heterocycles. The van der Waals surface area contributed by atoms with Crippen LogP contribution in [0.1, 0.15) is 101 Å². The number of para-hydroxylation sites is 1. The van der Waals surface area contributed by atoms with Gasteiger partial charge in [0.25, 0.3) is 0 Å². The van der Waals surface area contributed by atoms with Crippen molar-refractivity contribution in [1.82, 2.24) is 4.90 Å². The third kappa shape index (κ3) is 7.07. The highest BCUT2D eigenvalue weighted by atomic mass is 16.4. The van der Waals surface area contributed by atoms with E-state index in [0.29, 0.717) is 31.7 Å². The summed E-state index contributed by atoms with van der Waals surface area (Å²) in [5.74, 6) is -2.07. The first-order chi connectivity index (χ1) is 21.1. The number of aromatic carboxylic acids is 2. The molecule has 2 aliphatic rings. The van der Waals surface area contributed by atoms with E-state index in [1.165, 1.54) is 23.3 Å². The van der Waals surface area contributed by atoms with Crippen molar-refractivity contribution in [2.24, 2.45) is 0 Å². The number of benzene rings is 3. The van der Waals surface area contributed by atoms with Gasteiger partial charge >= 0.3 is 11.9 Å². The van der Waals surface area contributed by atoms with E-state index in [1.54, 1.807) is 6.07 Å². The molecule has 8 nitrogen and oxygen atoms in total. The highest BCUT2D eigenvalue weighted by Gasteiger charge is 2.43. The molecule has 0 spiro atoms. The Hall–Kier alpha value is -4.33. The number of amides is 1. The van der Waals surface area contributed by atoms with Crippen LogP contribution in [0.3, 0.4) is 0 Å². The normalized spacial score (nSPS) is 17.6. The van der Waals surface area contributed by atoms with Crippen LogP contribution >= 0.6 is 0 Å². The van der Waals surface area contributed by atoms with Gasteiger partial charge in [-0.3, -0.25) is 4.79 Å². The summed E-state index contributed by atoms with van der Waals surface area (Å²) in [6.07, 6.45) is 6.53. The molecule has 44 heavy (non-hydrogen) atoms. The highest BCUT2D eigenvalue weighted by molar-refractivity contribution is 6.01. The van der Waals surface area contributed by atoms with Gasteiger partial charge in [-0.15, -0.1) is 0 Å². The summed E-state index contributed by atoms with van der Waals surface area (Å²) in [6.45, 7) is 7.25. The molecule has 1 aliphatic heterocycles. The van der Waals surface area contributed by atoms with Gasteiger partial charge in [0.1, 0.15) is 5.66 Å². The average molecular weight is 598 g/mol. The standard InChI is InChI=1S/C36H43N3O5/c1-4-23(2)29-21-26(13-16-32(29)38-36(17-18-36)37-31-10-6-5-8-24(31)3)22-33(40)39-19-7-9-27(39)14-11-25-12-15-28(34(41)42)30(20-25)35(43)44/h5-6,8,10,12-13,15-16,20-21,23,27,37-38H,4,7,9,11,14,17-19,22H2,1-3H3,(H,41,42)(H,43,44). The molecule has 2 unspecified atom stereocenters. The van der Waals surface area contributed by atoms with Crippen LogP contribution in [-0.4, -0.2) is 51.2 Å². The molecule has 1 aliphatic carbocycles. The number of rotatable bonds is 13. The number of anilines is 2. The lowest BCUT2D eigenvalue weighted by Crippen LogP contribution is -2.37. The zero-order valence-corrected chi connectivity index (χ0v) is 25.9. The molecular weight excluding hydrogens is 554 g/mol. The zero-order chi connectivity index (χ0) is 31.4. The monoisotopic (exact) mass is 597 g/mol. The first kappa shape index (κ1) is 31.1. The number of carboxylic acids is 2. The second-order valence-corrected chi connectivity index (χ2v) is 12.5. The van der Waals surface area contributed by atoms with Crippen LogP contribution in [0.5, 0.6) is 0 Å². The van der Waals surface area contributed by atoms with Gasteiger partial charge in [0.05, 0.1) is 17.5 Å². The Balaban J connectivity index is 1.25. The van der Waals surface area contributed by atoms with Gasteiger partial charge in [0.2, 0.25) is 5.91 Å². The third-order valence-electron chi connectivity index (χ3n) is 9.27. The van der Waals surface area contributed by atoms with Crippen LogP contribution in [-0.2, 0) is 17.6 Å². The Labute approximate surface area is 259 Å². The van der Waals surface area contributed by atoms with Crippen LogP contribution in [0.15, 0.2) is 60.7 Å². The molecule has 3 aromatic rings. The van der Waals surface area contributed by atoms with Crippen molar-refractivity contribution in [1.29, 1.82) is 0 Å². The maximum absolute atomic E-state index is 13.6.